The van der Waals surface area contributed by atoms with Crippen LogP contribution in [-0.4, -0.2) is 34.4 Å². The van der Waals surface area contributed by atoms with Crippen LogP contribution >= 0.6 is 0 Å². The average molecular weight is 251 g/mol. The van der Waals surface area contributed by atoms with Crippen LogP contribution in [0, 0.1) is 5.92 Å². The average Bonchev–Trinajstić information content (AvgIpc) is 3.09. The third kappa shape index (κ3) is 3.26. The van der Waals surface area contributed by atoms with Gasteiger partial charge < -0.3 is 20.3 Å². The molecule has 1 saturated carbocycles. The first kappa shape index (κ1) is 13.0. The largest absolute Gasteiger partial charge is 0.394 e. The number of nitrogens with one attached hydrogen (secondary N) is 2. The maximum atomic E-state index is 11.7. The molecule has 0 bridgehead atoms. The summed E-state index contributed by atoms with van der Waals surface area (Å²) in [5, 5.41) is 15.1. The maximum Gasteiger partial charge on any atom is 0.315 e. The van der Waals surface area contributed by atoms with Crippen molar-refractivity contribution in [2.24, 2.45) is 5.92 Å². The Morgan fingerprint density at radius 2 is 2.11 bits per heavy atom. The van der Waals surface area contributed by atoms with Gasteiger partial charge >= 0.3 is 6.03 Å². The smallest absolute Gasteiger partial charge is 0.315 e. The molecule has 0 aromatic carbocycles. The van der Waals surface area contributed by atoms with Gasteiger partial charge in [-0.1, -0.05) is 0 Å². The highest BCUT2D eigenvalue weighted by Crippen LogP contribution is 2.39. The minimum Gasteiger partial charge on any atom is -0.394 e. The number of carbonyl (C=O) groups is 1. The van der Waals surface area contributed by atoms with Gasteiger partial charge in [0.25, 0.3) is 0 Å². The molecule has 3 N–H and O–H groups in total. The Bertz CT molecular complexity index is 387. The van der Waals surface area contributed by atoms with Crippen LogP contribution in [0.2, 0.25) is 0 Å². The van der Waals surface area contributed by atoms with E-state index in [1.165, 1.54) is 0 Å². The fourth-order valence-corrected chi connectivity index (χ4v) is 2.11. The second-order valence-electron chi connectivity index (χ2n) is 5.15. The summed E-state index contributed by atoms with van der Waals surface area (Å²) in [5.41, 5.74) is -0.475. The SMILES string of the molecule is CC(CO)(NC(=O)NCCn1cccc1)C1CC1. The van der Waals surface area contributed by atoms with Crippen LogP contribution in [0.3, 0.4) is 0 Å². The van der Waals surface area contributed by atoms with E-state index in [1.54, 1.807) is 0 Å². The van der Waals surface area contributed by atoms with E-state index in [4.69, 9.17) is 0 Å². The first-order valence-corrected chi connectivity index (χ1v) is 6.42. The third-order valence-corrected chi connectivity index (χ3v) is 3.53. The van der Waals surface area contributed by atoms with Crippen molar-refractivity contribution in [3.63, 3.8) is 0 Å². The zero-order valence-electron chi connectivity index (χ0n) is 10.7. The van der Waals surface area contributed by atoms with E-state index in [-0.39, 0.29) is 12.6 Å². The van der Waals surface area contributed by atoms with Gasteiger partial charge in [-0.15, -0.1) is 0 Å². The molecular weight excluding hydrogens is 230 g/mol. The zero-order valence-corrected chi connectivity index (χ0v) is 10.7. The molecule has 18 heavy (non-hydrogen) atoms. The van der Waals surface area contributed by atoms with Gasteiger partial charge in [-0.05, 0) is 37.8 Å². The Morgan fingerprint density at radius 1 is 1.44 bits per heavy atom. The molecule has 1 heterocycles. The van der Waals surface area contributed by atoms with Crippen LogP contribution in [0.25, 0.3) is 0 Å². The van der Waals surface area contributed by atoms with Crippen LogP contribution in [0.15, 0.2) is 24.5 Å². The van der Waals surface area contributed by atoms with E-state index in [1.807, 2.05) is 36.0 Å². The number of aromatic nitrogens is 1. The van der Waals surface area contributed by atoms with Gasteiger partial charge in [0.1, 0.15) is 0 Å². The van der Waals surface area contributed by atoms with E-state index in [2.05, 4.69) is 10.6 Å². The van der Waals surface area contributed by atoms with Crippen molar-refractivity contribution < 1.29 is 9.90 Å². The van der Waals surface area contributed by atoms with E-state index < -0.39 is 5.54 Å². The quantitative estimate of drug-likeness (QED) is 0.704. The fraction of sp³-hybridized carbons (Fsp3) is 0.615. The molecule has 1 atom stereocenters. The fourth-order valence-electron chi connectivity index (χ4n) is 2.11. The van der Waals surface area contributed by atoms with Crippen molar-refractivity contribution in [3.05, 3.63) is 24.5 Å². The number of nitrogens with zero attached hydrogens (tertiary/aromatic N) is 1. The molecule has 100 valence electrons. The van der Waals surface area contributed by atoms with E-state index in [9.17, 15) is 9.90 Å². The molecule has 5 heteroatoms. The van der Waals surface area contributed by atoms with Gasteiger partial charge in [0, 0.05) is 25.5 Å². The number of aliphatic hydroxyl groups is 1. The molecule has 0 aliphatic heterocycles. The molecule has 2 rings (SSSR count). The topological polar surface area (TPSA) is 66.3 Å². The van der Waals surface area contributed by atoms with Gasteiger partial charge in [0.15, 0.2) is 0 Å². The number of aliphatic hydroxyl groups excluding tert-OH is 1. The van der Waals surface area contributed by atoms with Crippen LogP contribution in [0.1, 0.15) is 19.8 Å². The van der Waals surface area contributed by atoms with Crippen LogP contribution in [0.4, 0.5) is 4.79 Å². The number of hydrogen-bond acceptors (Lipinski definition) is 2. The molecule has 0 spiro atoms. The second-order valence-corrected chi connectivity index (χ2v) is 5.15. The monoisotopic (exact) mass is 251 g/mol. The highest BCUT2D eigenvalue weighted by molar-refractivity contribution is 5.74. The summed E-state index contributed by atoms with van der Waals surface area (Å²) in [6, 6.07) is 3.71. The van der Waals surface area contributed by atoms with E-state index in [0.717, 1.165) is 19.4 Å². The van der Waals surface area contributed by atoms with Crippen molar-refractivity contribution >= 4 is 6.03 Å². The van der Waals surface area contributed by atoms with E-state index >= 15 is 0 Å². The summed E-state index contributed by atoms with van der Waals surface area (Å²) < 4.78 is 2.01. The lowest BCUT2D eigenvalue weighted by Crippen LogP contribution is -2.54. The van der Waals surface area contributed by atoms with Gasteiger partial charge in [0.2, 0.25) is 0 Å². The highest BCUT2D eigenvalue weighted by atomic mass is 16.3. The van der Waals surface area contributed by atoms with Gasteiger partial charge in [-0.3, -0.25) is 0 Å². The molecule has 1 aromatic rings. The first-order chi connectivity index (χ1) is 8.64. The minimum atomic E-state index is -0.475. The molecule has 1 unspecified atom stereocenters. The Labute approximate surface area is 107 Å². The minimum absolute atomic E-state index is 0.0112. The predicted octanol–water partition coefficient (Wildman–Crippen LogP) is 0.948. The highest BCUT2D eigenvalue weighted by Gasteiger charge is 2.42. The van der Waals surface area contributed by atoms with E-state index in [0.29, 0.717) is 12.5 Å². The molecule has 0 radical (unpaired) electrons. The van der Waals surface area contributed by atoms with Crippen LogP contribution < -0.4 is 10.6 Å². The summed E-state index contributed by atoms with van der Waals surface area (Å²) in [6.45, 7) is 3.21. The number of carbonyl (C=O) groups excluding carboxylic acids is 1. The zero-order chi connectivity index (χ0) is 13.0. The lowest BCUT2D eigenvalue weighted by molar-refractivity contribution is 0.155. The Balaban J connectivity index is 1.71. The summed E-state index contributed by atoms with van der Waals surface area (Å²) in [4.78, 5) is 11.7. The molecular formula is C13H21N3O2. The van der Waals surface area contributed by atoms with Crippen LogP contribution in [-0.2, 0) is 6.54 Å². The number of urea groups is 1. The Hall–Kier alpha value is -1.49. The summed E-state index contributed by atoms with van der Waals surface area (Å²) >= 11 is 0. The molecule has 1 aliphatic rings. The maximum absolute atomic E-state index is 11.7. The standard InChI is InChI=1S/C13H21N3O2/c1-13(10-17,11-4-5-11)15-12(18)14-6-9-16-7-2-3-8-16/h2-3,7-8,11,17H,4-6,9-10H2,1H3,(H2,14,15,18). The summed E-state index contributed by atoms with van der Waals surface area (Å²) in [6.07, 6.45) is 6.09. The molecule has 5 nitrogen and oxygen atoms in total. The number of amides is 2. The predicted molar refractivity (Wildman–Crippen MR) is 69.2 cm³/mol. The Morgan fingerprint density at radius 3 is 2.67 bits per heavy atom. The molecule has 2 amide bonds. The van der Waals surface area contributed by atoms with Crippen molar-refractivity contribution in [2.75, 3.05) is 13.2 Å². The van der Waals surface area contributed by atoms with Crippen LogP contribution in [0.5, 0.6) is 0 Å². The summed E-state index contributed by atoms with van der Waals surface area (Å²) in [5.74, 6) is 0.415. The van der Waals surface area contributed by atoms with Gasteiger partial charge in [0.05, 0.1) is 12.1 Å². The molecule has 0 saturated heterocycles. The summed E-state index contributed by atoms with van der Waals surface area (Å²) in [7, 11) is 0. The third-order valence-electron chi connectivity index (χ3n) is 3.53. The normalized spacial score (nSPS) is 18.1. The molecule has 1 aromatic heterocycles. The lowest BCUT2D eigenvalue weighted by Gasteiger charge is -2.28. The second kappa shape index (κ2) is 5.44. The Kier molecular flexibility index (Phi) is 3.91. The van der Waals surface area contributed by atoms with Crippen molar-refractivity contribution in [1.82, 2.24) is 15.2 Å². The lowest BCUT2D eigenvalue weighted by atomic mass is 9.97. The first-order valence-electron chi connectivity index (χ1n) is 6.42. The van der Waals surface area contributed by atoms with Crippen molar-refractivity contribution in [1.29, 1.82) is 0 Å². The molecule has 1 fully saturated rings. The van der Waals surface area contributed by atoms with Crippen molar-refractivity contribution in [3.8, 4) is 0 Å². The number of hydrogen-bond donors (Lipinski definition) is 3. The molecule has 1 aliphatic carbocycles. The van der Waals surface area contributed by atoms with Gasteiger partial charge in [-0.25, -0.2) is 4.79 Å². The van der Waals surface area contributed by atoms with Crippen molar-refractivity contribution in [2.45, 2.75) is 31.8 Å². The van der Waals surface area contributed by atoms with Gasteiger partial charge in [-0.2, -0.15) is 0 Å². The number of rotatable bonds is 6.